The maximum atomic E-state index is 12.2. The lowest BCUT2D eigenvalue weighted by molar-refractivity contribution is 0.170. The van der Waals surface area contributed by atoms with Gasteiger partial charge in [-0.1, -0.05) is 11.6 Å². The van der Waals surface area contributed by atoms with Crippen LogP contribution >= 0.6 is 22.9 Å². The highest BCUT2D eigenvalue weighted by Crippen LogP contribution is 2.30. The first-order chi connectivity index (χ1) is 8.04. The van der Waals surface area contributed by atoms with Gasteiger partial charge in [-0.15, -0.1) is 11.3 Å². The number of thiophene rings is 1. The van der Waals surface area contributed by atoms with Gasteiger partial charge in [0.2, 0.25) is 0 Å². The van der Waals surface area contributed by atoms with Crippen LogP contribution in [0.5, 0.6) is 0 Å². The monoisotopic (exact) mass is 295 g/mol. The second-order valence-corrected chi connectivity index (χ2v) is 7.97. The fraction of sp³-hybridized carbons (Fsp3) is 0.600. The zero-order valence-corrected chi connectivity index (χ0v) is 11.6. The standard InChI is InChI=1S/C10H14ClNO3S2/c11-9-1-2-10(16-9)17(14,15)12-5-3-8(7-13)4-6-12/h1-2,8,13H,3-7H2. The number of aliphatic hydroxyl groups excluding tert-OH is 1. The van der Waals surface area contributed by atoms with Crippen molar-refractivity contribution in [2.75, 3.05) is 19.7 Å². The van der Waals surface area contributed by atoms with Crippen LogP contribution < -0.4 is 0 Å². The minimum atomic E-state index is -3.39. The van der Waals surface area contributed by atoms with Crippen LogP contribution in [0.3, 0.4) is 0 Å². The summed E-state index contributed by atoms with van der Waals surface area (Å²) in [5.41, 5.74) is 0. The second-order valence-electron chi connectivity index (χ2n) is 4.09. The van der Waals surface area contributed by atoms with Crippen molar-refractivity contribution in [3.8, 4) is 0 Å². The molecule has 2 rings (SSSR count). The summed E-state index contributed by atoms with van der Waals surface area (Å²) in [5.74, 6) is 0.230. The number of hydrogen-bond acceptors (Lipinski definition) is 4. The Bertz CT molecular complexity index is 477. The molecule has 1 N–H and O–H groups in total. The highest BCUT2D eigenvalue weighted by atomic mass is 35.5. The van der Waals surface area contributed by atoms with Crippen molar-refractivity contribution in [1.82, 2.24) is 4.31 Å². The summed E-state index contributed by atoms with van der Waals surface area (Å²) < 4.78 is 26.7. The summed E-state index contributed by atoms with van der Waals surface area (Å²) in [6, 6.07) is 3.14. The number of piperidine rings is 1. The summed E-state index contributed by atoms with van der Waals surface area (Å²) in [6.45, 7) is 1.09. The van der Waals surface area contributed by atoms with Crippen LogP contribution in [0, 0.1) is 5.92 Å². The highest BCUT2D eigenvalue weighted by Gasteiger charge is 2.30. The Morgan fingerprint density at radius 2 is 2.06 bits per heavy atom. The smallest absolute Gasteiger partial charge is 0.252 e. The SMILES string of the molecule is O=S(=O)(c1ccc(Cl)s1)N1CCC(CO)CC1. The third kappa shape index (κ3) is 2.82. The fourth-order valence-electron chi connectivity index (χ4n) is 1.90. The zero-order valence-electron chi connectivity index (χ0n) is 9.17. The molecule has 0 aromatic carbocycles. The average molecular weight is 296 g/mol. The first-order valence-electron chi connectivity index (χ1n) is 5.40. The van der Waals surface area contributed by atoms with Gasteiger partial charge in [-0.25, -0.2) is 8.42 Å². The molecule has 0 amide bonds. The van der Waals surface area contributed by atoms with Crippen LogP contribution in [0.2, 0.25) is 4.34 Å². The van der Waals surface area contributed by atoms with Crippen LogP contribution in [-0.4, -0.2) is 37.5 Å². The van der Waals surface area contributed by atoms with Crippen molar-refractivity contribution in [3.63, 3.8) is 0 Å². The Labute approximate surface area is 110 Å². The van der Waals surface area contributed by atoms with Crippen LogP contribution in [0.4, 0.5) is 0 Å². The topological polar surface area (TPSA) is 57.6 Å². The largest absolute Gasteiger partial charge is 0.396 e. The third-order valence-electron chi connectivity index (χ3n) is 2.97. The minimum Gasteiger partial charge on any atom is -0.396 e. The molecule has 1 fully saturated rings. The van der Waals surface area contributed by atoms with Crippen molar-refractivity contribution in [2.24, 2.45) is 5.92 Å². The lowest BCUT2D eigenvalue weighted by atomic mass is 10.00. The Kier molecular flexibility index (Phi) is 4.10. The molecule has 0 aliphatic carbocycles. The van der Waals surface area contributed by atoms with Gasteiger partial charge in [-0.3, -0.25) is 0 Å². The zero-order chi connectivity index (χ0) is 12.5. The van der Waals surface area contributed by atoms with Gasteiger partial charge in [0.25, 0.3) is 10.0 Å². The van der Waals surface area contributed by atoms with E-state index in [4.69, 9.17) is 16.7 Å². The molecule has 1 aromatic heterocycles. The molecule has 17 heavy (non-hydrogen) atoms. The highest BCUT2D eigenvalue weighted by molar-refractivity contribution is 7.91. The van der Waals surface area contributed by atoms with Gasteiger partial charge in [0.1, 0.15) is 4.21 Å². The van der Waals surface area contributed by atoms with Crippen molar-refractivity contribution in [3.05, 3.63) is 16.5 Å². The van der Waals surface area contributed by atoms with E-state index in [0.29, 0.717) is 21.6 Å². The number of halogens is 1. The Balaban J connectivity index is 2.12. The molecule has 0 atom stereocenters. The van der Waals surface area contributed by atoms with Gasteiger partial charge in [0.15, 0.2) is 0 Å². The normalized spacial score (nSPS) is 19.6. The van der Waals surface area contributed by atoms with Gasteiger partial charge in [-0.05, 0) is 30.9 Å². The molecule has 1 aliphatic heterocycles. The van der Waals surface area contributed by atoms with E-state index in [1.165, 1.54) is 4.31 Å². The molecule has 0 radical (unpaired) electrons. The number of aliphatic hydroxyl groups is 1. The van der Waals surface area contributed by atoms with E-state index in [2.05, 4.69) is 0 Å². The van der Waals surface area contributed by atoms with Gasteiger partial charge < -0.3 is 5.11 Å². The lowest BCUT2D eigenvalue weighted by Gasteiger charge is -2.29. The number of sulfonamides is 1. The fourth-order valence-corrected chi connectivity index (χ4v) is 5.00. The van der Waals surface area contributed by atoms with Crippen molar-refractivity contribution in [1.29, 1.82) is 0 Å². The summed E-state index contributed by atoms with van der Waals surface area (Å²) in [6.07, 6.45) is 1.43. The number of rotatable bonds is 3. The maximum absolute atomic E-state index is 12.2. The molecule has 1 saturated heterocycles. The summed E-state index contributed by atoms with van der Waals surface area (Å²) in [7, 11) is -3.39. The first-order valence-corrected chi connectivity index (χ1v) is 8.04. The second kappa shape index (κ2) is 5.24. The molecule has 1 aliphatic rings. The van der Waals surface area contributed by atoms with Crippen molar-refractivity contribution in [2.45, 2.75) is 17.1 Å². The number of hydrogen-bond donors (Lipinski definition) is 1. The molecule has 96 valence electrons. The Morgan fingerprint density at radius 3 is 2.53 bits per heavy atom. The Morgan fingerprint density at radius 1 is 1.41 bits per heavy atom. The van der Waals surface area contributed by atoms with E-state index >= 15 is 0 Å². The van der Waals surface area contributed by atoms with Crippen LogP contribution in [0.15, 0.2) is 16.3 Å². The van der Waals surface area contributed by atoms with Crippen LogP contribution in [-0.2, 0) is 10.0 Å². The van der Waals surface area contributed by atoms with Crippen molar-refractivity contribution < 1.29 is 13.5 Å². The number of nitrogens with zero attached hydrogens (tertiary/aromatic N) is 1. The predicted molar refractivity (Wildman–Crippen MR) is 67.9 cm³/mol. The quantitative estimate of drug-likeness (QED) is 0.925. The molecule has 0 bridgehead atoms. The summed E-state index contributed by atoms with van der Waals surface area (Å²) >= 11 is 6.83. The van der Waals surface area contributed by atoms with Crippen molar-refractivity contribution >= 4 is 33.0 Å². The van der Waals surface area contributed by atoms with E-state index in [-0.39, 0.29) is 12.5 Å². The van der Waals surface area contributed by atoms with Gasteiger partial charge in [0, 0.05) is 19.7 Å². The van der Waals surface area contributed by atoms with E-state index in [1.807, 2.05) is 0 Å². The Hall–Kier alpha value is -0.140. The molecule has 0 saturated carbocycles. The molecule has 1 aromatic rings. The van der Waals surface area contributed by atoms with Gasteiger partial charge in [-0.2, -0.15) is 4.31 Å². The minimum absolute atomic E-state index is 0.138. The van der Waals surface area contributed by atoms with E-state index in [1.54, 1.807) is 12.1 Å². The molecule has 0 spiro atoms. The molecular formula is C10H14ClNO3S2. The summed E-state index contributed by atoms with van der Waals surface area (Å²) in [4.78, 5) is 0. The van der Waals surface area contributed by atoms with Crippen LogP contribution in [0.1, 0.15) is 12.8 Å². The first kappa shape index (κ1) is 13.3. The van der Waals surface area contributed by atoms with Gasteiger partial charge in [0.05, 0.1) is 4.34 Å². The molecule has 7 heteroatoms. The lowest BCUT2D eigenvalue weighted by Crippen LogP contribution is -2.38. The van der Waals surface area contributed by atoms with E-state index in [0.717, 1.165) is 24.2 Å². The van der Waals surface area contributed by atoms with Gasteiger partial charge >= 0.3 is 0 Å². The molecule has 4 nitrogen and oxygen atoms in total. The maximum Gasteiger partial charge on any atom is 0.252 e. The molecule has 0 unspecified atom stereocenters. The predicted octanol–water partition coefficient (Wildman–Crippen LogP) is 1.79. The van der Waals surface area contributed by atoms with Crippen LogP contribution in [0.25, 0.3) is 0 Å². The van der Waals surface area contributed by atoms with E-state index in [9.17, 15) is 8.42 Å². The molecule has 2 heterocycles. The van der Waals surface area contributed by atoms with E-state index < -0.39 is 10.0 Å². The summed E-state index contributed by atoms with van der Waals surface area (Å²) in [5, 5.41) is 9.02. The third-order valence-corrected chi connectivity index (χ3v) is 6.57. The average Bonchev–Trinajstić information content (AvgIpc) is 2.77. The molecular weight excluding hydrogens is 282 g/mol.